The second kappa shape index (κ2) is 9.29. The van der Waals surface area contributed by atoms with Gasteiger partial charge in [0, 0.05) is 24.6 Å². The molecule has 0 aliphatic heterocycles. The second-order valence-electron chi connectivity index (χ2n) is 7.94. The molecular weight excluding hydrogens is 392 g/mol. The number of aliphatic hydroxyl groups excluding tert-OH is 1. The third-order valence-electron chi connectivity index (χ3n) is 5.40. The fraction of sp³-hybridized carbons (Fsp3) is 0.375. The van der Waals surface area contributed by atoms with Crippen LogP contribution in [0.4, 0.5) is 0 Å². The van der Waals surface area contributed by atoms with Crippen LogP contribution < -0.4 is 10.1 Å². The van der Waals surface area contributed by atoms with Crippen LogP contribution in [0, 0.1) is 11.3 Å². The molecule has 0 radical (unpaired) electrons. The van der Waals surface area contributed by atoms with Crippen LogP contribution in [0.25, 0.3) is 11.5 Å². The summed E-state index contributed by atoms with van der Waals surface area (Å²) in [4.78, 5) is 4.56. The summed E-state index contributed by atoms with van der Waals surface area (Å²) in [6, 6.07) is 14.1. The first kappa shape index (κ1) is 21.0. The summed E-state index contributed by atoms with van der Waals surface area (Å²) in [6.07, 6.45) is 2.58. The van der Waals surface area contributed by atoms with Crippen molar-refractivity contribution < 1.29 is 14.4 Å². The van der Waals surface area contributed by atoms with E-state index >= 15 is 0 Å². The summed E-state index contributed by atoms with van der Waals surface area (Å²) in [5.74, 6) is 1.54. The molecular formula is C24H26N4O3. The third kappa shape index (κ3) is 4.61. The first-order valence-corrected chi connectivity index (χ1v) is 10.6. The van der Waals surface area contributed by atoms with Gasteiger partial charge in [-0.2, -0.15) is 10.2 Å². The van der Waals surface area contributed by atoms with Crippen LogP contribution in [0.5, 0.6) is 5.75 Å². The van der Waals surface area contributed by atoms with E-state index in [1.54, 1.807) is 12.1 Å². The highest BCUT2D eigenvalue weighted by Gasteiger charge is 2.24. The van der Waals surface area contributed by atoms with Crippen molar-refractivity contribution in [2.24, 2.45) is 0 Å². The molecule has 1 atom stereocenters. The molecule has 0 spiro atoms. The number of hydrogen-bond donors (Lipinski definition) is 2. The Balaban J connectivity index is 1.53. The lowest BCUT2D eigenvalue weighted by atomic mass is 10.00. The van der Waals surface area contributed by atoms with E-state index in [4.69, 9.17) is 14.4 Å². The quantitative estimate of drug-likeness (QED) is 0.576. The van der Waals surface area contributed by atoms with E-state index in [1.165, 1.54) is 16.7 Å². The molecule has 1 aliphatic carbocycles. The zero-order valence-electron chi connectivity index (χ0n) is 17.8. The van der Waals surface area contributed by atoms with Crippen molar-refractivity contribution in [3.05, 3.63) is 64.5 Å². The lowest BCUT2D eigenvalue weighted by Crippen LogP contribution is -2.22. The predicted molar refractivity (Wildman–Crippen MR) is 116 cm³/mol. The van der Waals surface area contributed by atoms with Crippen LogP contribution in [-0.2, 0) is 12.8 Å². The highest BCUT2D eigenvalue weighted by atomic mass is 16.5. The molecule has 3 aromatic rings. The Morgan fingerprint density at radius 1 is 1.32 bits per heavy atom. The lowest BCUT2D eigenvalue weighted by Gasteiger charge is -2.13. The van der Waals surface area contributed by atoms with Crippen molar-refractivity contribution in [2.45, 2.75) is 45.3 Å². The van der Waals surface area contributed by atoms with Gasteiger partial charge in [-0.3, -0.25) is 0 Å². The van der Waals surface area contributed by atoms with E-state index < -0.39 is 0 Å². The maximum atomic E-state index is 9.45. The standard InChI is InChI=1S/C24H26N4O3/c1-15(2)30-22-9-6-17(12-18(22)14-25)24-27-23(28-31-24)13-16-4-3-5-20-19(16)7-8-21(20)26-10-11-29/h3-6,9,12,15,21,26,29H,7-8,10-11,13H2,1-2H3. The molecule has 2 aromatic carbocycles. The summed E-state index contributed by atoms with van der Waals surface area (Å²) >= 11 is 0. The van der Waals surface area contributed by atoms with E-state index in [2.05, 4.69) is 39.7 Å². The number of rotatable bonds is 8. The van der Waals surface area contributed by atoms with Gasteiger partial charge in [-0.1, -0.05) is 23.4 Å². The topological polar surface area (TPSA) is 104 Å². The van der Waals surface area contributed by atoms with Crippen molar-refractivity contribution in [3.63, 3.8) is 0 Å². The number of nitrogens with zero attached hydrogens (tertiary/aromatic N) is 3. The van der Waals surface area contributed by atoms with Crippen LogP contribution in [0.15, 0.2) is 40.9 Å². The number of aliphatic hydroxyl groups is 1. The van der Waals surface area contributed by atoms with Gasteiger partial charge in [0.15, 0.2) is 5.82 Å². The first-order chi connectivity index (χ1) is 15.1. The molecule has 1 aliphatic rings. The summed E-state index contributed by atoms with van der Waals surface area (Å²) < 4.78 is 11.2. The number of nitriles is 1. The summed E-state index contributed by atoms with van der Waals surface area (Å²) in [5, 5.41) is 26.1. The number of ether oxygens (including phenoxy) is 1. The Labute approximate surface area is 181 Å². The Kier molecular flexibility index (Phi) is 6.31. The van der Waals surface area contributed by atoms with Crippen LogP contribution in [0.2, 0.25) is 0 Å². The highest BCUT2D eigenvalue weighted by Crippen LogP contribution is 2.34. The van der Waals surface area contributed by atoms with Gasteiger partial charge in [-0.25, -0.2) is 0 Å². The minimum Gasteiger partial charge on any atom is -0.490 e. The number of nitrogens with one attached hydrogen (secondary N) is 1. The smallest absolute Gasteiger partial charge is 0.257 e. The zero-order chi connectivity index (χ0) is 21.8. The zero-order valence-corrected chi connectivity index (χ0v) is 17.8. The Morgan fingerprint density at radius 2 is 2.19 bits per heavy atom. The number of aromatic nitrogens is 2. The highest BCUT2D eigenvalue weighted by molar-refractivity contribution is 5.60. The van der Waals surface area contributed by atoms with Crippen molar-refractivity contribution >= 4 is 0 Å². The Morgan fingerprint density at radius 3 is 2.97 bits per heavy atom. The summed E-state index contributed by atoms with van der Waals surface area (Å²) in [5.41, 5.74) is 4.93. The lowest BCUT2D eigenvalue weighted by molar-refractivity contribution is 0.241. The molecule has 1 unspecified atom stereocenters. The Hall–Kier alpha value is -3.21. The fourth-order valence-electron chi connectivity index (χ4n) is 4.07. The predicted octanol–water partition coefficient (Wildman–Crippen LogP) is 3.56. The third-order valence-corrected chi connectivity index (χ3v) is 5.40. The van der Waals surface area contributed by atoms with E-state index in [9.17, 15) is 5.26 Å². The van der Waals surface area contributed by atoms with E-state index in [0.717, 1.165) is 12.8 Å². The molecule has 0 saturated carbocycles. The van der Waals surface area contributed by atoms with Gasteiger partial charge in [-0.15, -0.1) is 0 Å². The maximum Gasteiger partial charge on any atom is 0.257 e. The first-order valence-electron chi connectivity index (χ1n) is 10.6. The van der Waals surface area contributed by atoms with Gasteiger partial charge < -0.3 is 19.7 Å². The van der Waals surface area contributed by atoms with Crippen LogP contribution in [-0.4, -0.2) is 34.5 Å². The van der Waals surface area contributed by atoms with Crippen molar-refractivity contribution in [2.75, 3.05) is 13.2 Å². The van der Waals surface area contributed by atoms with Crippen molar-refractivity contribution in [1.82, 2.24) is 15.5 Å². The van der Waals surface area contributed by atoms with E-state index in [0.29, 0.717) is 41.6 Å². The van der Waals surface area contributed by atoms with Gasteiger partial charge in [0.2, 0.25) is 0 Å². The Bertz CT molecular complexity index is 1100. The molecule has 2 N–H and O–H groups in total. The monoisotopic (exact) mass is 418 g/mol. The van der Waals surface area contributed by atoms with Crippen molar-refractivity contribution in [1.29, 1.82) is 5.26 Å². The molecule has 1 heterocycles. The molecule has 7 nitrogen and oxygen atoms in total. The van der Waals surface area contributed by atoms with Gasteiger partial charge in [0.25, 0.3) is 5.89 Å². The largest absolute Gasteiger partial charge is 0.490 e. The van der Waals surface area contributed by atoms with Gasteiger partial charge in [0.1, 0.15) is 11.8 Å². The van der Waals surface area contributed by atoms with Crippen LogP contribution in [0.1, 0.15) is 54.4 Å². The SMILES string of the molecule is CC(C)Oc1ccc(-c2nc(Cc3cccc4c3CCC4NCCO)no2)cc1C#N. The summed E-state index contributed by atoms with van der Waals surface area (Å²) in [6.45, 7) is 4.57. The number of hydrogen-bond acceptors (Lipinski definition) is 7. The van der Waals surface area contributed by atoms with Gasteiger partial charge in [0.05, 0.1) is 18.3 Å². The van der Waals surface area contributed by atoms with E-state index in [1.807, 2.05) is 19.9 Å². The van der Waals surface area contributed by atoms with Gasteiger partial charge in [-0.05, 0) is 61.6 Å². The van der Waals surface area contributed by atoms with Crippen molar-refractivity contribution in [3.8, 4) is 23.3 Å². The molecule has 1 aromatic heterocycles. The molecule has 0 amide bonds. The fourth-order valence-corrected chi connectivity index (χ4v) is 4.07. The second-order valence-corrected chi connectivity index (χ2v) is 7.94. The molecule has 0 fully saturated rings. The minimum atomic E-state index is -0.0148. The minimum absolute atomic E-state index is 0.0148. The van der Waals surface area contributed by atoms with Crippen LogP contribution >= 0.6 is 0 Å². The molecule has 4 rings (SSSR count). The molecule has 0 saturated heterocycles. The average Bonchev–Trinajstić information content (AvgIpc) is 3.40. The summed E-state index contributed by atoms with van der Waals surface area (Å²) in [7, 11) is 0. The molecule has 0 bridgehead atoms. The average molecular weight is 418 g/mol. The van der Waals surface area contributed by atoms with Crippen LogP contribution in [0.3, 0.4) is 0 Å². The van der Waals surface area contributed by atoms with Gasteiger partial charge >= 0.3 is 0 Å². The van der Waals surface area contributed by atoms with E-state index in [-0.39, 0.29) is 18.8 Å². The maximum absolute atomic E-state index is 9.45. The number of benzene rings is 2. The molecule has 160 valence electrons. The normalized spacial score (nSPS) is 15.1. The number of fused-ring (bicyclic) bond motifs is 1. The molecule has 31 heavy (non-hydrogen) atoms. The molecule has 7 heteroatoms.